The van der Waals surface area contributed by atoms with E-state index in [-0.39, 0.29) is 30.2 Å². The normalized spacial score (nSPS) is 28.6. The topological polar surface area (TPSA) is 91.0 Å². The Bertz CT molecular complexity index is 942. The van der Waals surface area contributed by atoms with Crippen molar-refractivity contribution in [1.29, 1.82) is 0 Å². The van der Waals surface area contributed by atoms with Crippen LogP contribution in [0.25, 0.3) is 0 Å². The average molecular weight is 455 g/mol. The highest BCUT2D eigenvalue weighted by atomic mass is 16.5. The Hall–Kier alpha value is -2.45. The van der Waals surface area contributed by atoms with Crippen molar-refractivity contribution in [3.8, 4) is 5.75 Å². The molecule has 2 N–H and O–H groups in total. The molecule has 3 aliphatic heterocycles. The zero-order chi connectivity index (χ0) is 23.1. The van der Waals surface area contributed by atoms with Crippen molar-refractivity contribution in [3.63, 3.8) is 0 Å². The van der Waals surface area contributed by atoms with E-state index in [9.17, 15) is 14.4 Å². The minimum absolute atomic E-state index is 0.147. The van der Waals surface area contributed by atoms with Gasteiger partial charge in [-0.1, -0.05) is 20.3 Å². The van der Waals surface area contributed by atoms with Crippen molar-refractivity contribution in [2.75, 3.05) is 13.1 Å². The number of rotatable bonds is 6. The van der Waals surface area contributed by atoms with E-state index in [2.05, 4.69) is 29.4 Å². The fourth-order valence-corrected chi connectivity index (χ4v) is 5.79. The fraction of sp³-hybridized carbons (Fsp3) is 0.640. The van der Waals surface area contributed by atoms with Gasteiger partial charge in [-0.3, -0.25) is 24.6 Å². The summed E-state index contributed by atoms with van der Waals surface area (Å²) in [6.07, 6.45) is 5.41. The summed E-state index contributed by atoms with van der Waals surface area (Å²) in [6.45, 7) is 6.90. The van der Waals surface area contributed by atoms with Crippen LogP contribution >= 0.6 is 0 Å². The van der Waals surface area contributed by atoms with E-state index in [1.54, 1.807) is 4.90 Å². The molecule has 4 aliphatic rings. The summed E-state index contributed by atoms with van der Waals surface area (Å²) in [5.74, 6) is -0.00723. The third kappa shape index (κ3) is 4.51. The van der Waals surface area contributed by atoms with Crippen LogP contribution in [0.3, 0.4) is 0 Å². The maximum absolute atomic E-state index is 12.9. The molecule has 1 unspecified atom stereocenters. The molecule has 8 heteroatoms. The lowest BCUT2D eigenvalue weighted by Gasteiger charge is -2.49. The Kier molecular flexibility index (Phi) is 6.14. The van der Waals surface area contributed by atoms with E-state index >= 15 is 0 Å². The number of hydrogen-bond acceptors (Lipinski definition) is 6. The Balaban J connectivity index is 1.24. The molecule has 3 fully saturated rings. The van der Waals surface area contributed by atoms with E-state index in [4.69, 9.17) is 4.74 Å². The molecule has 0 radical (unpaired) electrons. The SMILES string of the molecule is CC(C)NC1CN([C@H]2CCCC[C@@H]2Oc2ccc3c(c2)CN(C2CCC(=O)NC2=O)C3=O)C1. The molecule has 1 saturated carbocycles. The molecule has 3 heterocycles. The number of nitrogens with zero attached hydrogens (tertiary/aromatic N) is 2. The second kappa shape index (κ2) is 9.06. The molecule has 8 nitrogen and oxygen atoms in total. The Morgan fingerprint density at radius 2 is 1.88 bits per heavy atom. The van der Waals surface area contributed by atoms with Crippen molar-refractivity contribution in [2.45, 2.75) is 89.2 Å². The van der Waals surface area contributed by atoms with Crippen molar-refractivity contribution in [3.05, 3.63) is 29.3 Å². The predicted octanol–water partition coefficient (Wildman–Crippen LogP) is 1.82. The molecule has 3 amide bonds. The second-order valence-corrected chi connectivity index (χ2v) is 10.2. The molecule has 3 atom stereocenters. The van der Waals surface area contributed by atoms with Gasteiger partial charge in [0.15, 0.2) is 0 Å². The van der Waals surface area contributed by atoms with Crippen LogP contribution in [0, 0.1) is 0 Å². The van der Waals surface area contributed by atoms with E-state index in [1.165, 1.54) is 12.8 Å². The minimum Gasteiger partial charge on any atom is -0.489 e. The molecule has 33 heavy (non-hydrogen) atoms. The molecule has 1 aromatic rings. The summed E-state index contributed by atoms with van der Waals surface area (Å²) in [5, 5.41) is 5.97. The lowest BCUT2D eigenvalue weighted by molar-refractivity contribution is -0.136. The van der Waals surface area contributed by atoms with Crippen molar-refractivity contribution >= 4 is 17.7 Å². The summed E-state index contributed by atoms with van der Waals surface area (Å²) >= 11 is 0. The fourth-order valence-electron chi connectivity index (χ4n) is 5.79. The molecule has 1 aliphatic carbocycles. The van der Waals surface area contributed by atoms with Crippen LogP contribution in [0.5, 0.6) is 5.75 Å². The zero-order valence-corrected chi connectivity index (χ0v) is 19.5. The standard InChI is InChI=1S/C25H34N4O4/c1-15(2)26-17-13-28(14-17)20-5-3-4-6-22(20)33-18-7-8-19-16(11-18)12-29(25(19)32)21-9-10-23(30)27-24(21)31/h7-8,11,15,17,20-22,26H,3-6,9-10,12-14H2,1-2H3,(H,27,30,31)/t20-,21?,22-/m0/s1. The van der Waals surface area contributed by atoms with Gasteiger partial charge in [0, 0.05) is 49.7 Å². The number of amides is 3. The molecule has 2 saturated heterocycles. The van der Waals surface area contributed by atoms with Gasteiger partial charge >= 0.3 is 0 Å². The van der Waals surface area contributed by atoms with Gasteiger partial charge in [0.2, 0.25) is 11.8 Å². The first-order valence-electron chi connectivity index (χ1n) is 12.3. The van der Waals surface area contributed by atoms with E-state index in [0.29, 0.717) is 36.7 Å². The molecule has 1 aromatic carbocycles. The quantitative estimate of drug-likeness (QED) is 0.638. The van der Waals surface area contributed by atoms with Crippen LogP contribution in [0.1, 0.15) is 68.3 Å². The number of hydrogen-bond donors (Lipinski definition) is 2. The van der Waals surface area contributed by atoms with Gasteiger partial charge in [-0.25, -0.2) is 0 Å². The van der Waals surface area contributed by atoms with E-state index < -0.39 is 6.04 Å². The summed E-state index contributed by atoms with van der Waals surface area (Å²) in [5.41, 5.74) is 1.51. The summed E-state index contributed by atoms with van der Waals surface area (Å²) in [7, 11) is 0. The largest absolute Gasteiger partial charge is 0.489 e. The Morgan fingerprint density at radius 3 is 2.64 bits per heavy atom. The highest BCUT2D eigenvalue weighted by Gasteiger charge is 2.41. The number of likely N-dealkylation sites (tertiary alicyclic amines) is 1. The first-order chi connectivity index (χ1) is 15.9. The minimum atomic E-state index is -0.589. The molecular formula is C25H34N4O4. The lowest BCUT2D eigenvalue weighted by Crippen LogP contribution is -2.65. The van der Waals surface area contributed by atoms with E-state index in [1.807, 2.05) is 18.2 Å². The summed E-state index contributed by atoms with van der Waals surface area (Å²) in [4.78, 5) is 40.8. The second-order valence-electron chi connectivity index (χ2n) is 10.2. The van der Waals surface area contributed by atoms with Gasteiger partial charge in [0.25, 0.3) is 5.91 Å². The first kappa shape index (κ1) is 22.3. The van der Waals surface area contributed by atoms with Gasteiger partial charge in [-0.05, 0) is 49.4 Å². The van der Waals surface area contributed by atoms with E-state index in [0.717, 1.165) is 37.2 Å². The summed E-state index contributed by atoms with van der Waals surface area (Å²) < 4.78 is 6.50. The number of piperidine rings is 1. The Morgan fingerprint density at radius 1 is 1.09 bits per heavy atom. The number of imide groups is 1. The van der Waals surface area contributed by atoms with Gasteiger partial charge in [-0.15, -0.1) is 0 Å². The van der Waals surface area contributed by atoms with Crippen molar-refractivity contribution < 1.29 is 19.1 Å². The van der Waals surface area contributed by atoms with Crippen LogP contribution < -0.4 is 15.4 Å². The maximum Gasteiger partial charge on any atom is 0.255 e. The number of carbonyl (C=O) groups excluding carboxylic acids is 3. The zero-order valence-electron chi connectivity index (χ0n) is 19.5. The number of ether oxygens (including phenoxy) is 1. The third-order valence-corrected chi connectivity index (χ3v) is 7.40. The monoisotopic (exact) mass is 454 g/mol. The van der Waals surface area contributed by atoms with Gasteiger partial charge < -0.3 is 15.0 Å². The number of carbonyl (C=O) groups is 3. The van der Waals surface area contributed by atoms with Crippen molar-refractivity contribution in [1.82, 2.24) is 20.4 Å². The molecule has 5 rings (SSSR count). The number of fused-ring (bicyclic) bond motifs is 1. The van der Waals surface area contributed by atoms with Crippen LogP contribution in [0.15, 0.2) is 18.2 Å². The third-order valence-electron chi connectivity index (χ3n) is 7.40. The van der Waals surface area contributed by atoms with Crippen LogP contribution in [0.2, 0.25) is 0 Å². The number of nitrogens with one attached hydrogen (secondary N) is 2. The maximum atomic E-state index is 12.9. The van der Waals surface area contributed by atoms with Gasteiger partial charge in [0.1, 0.15) is 17.9 Å². The Labute approximate surface area is 195 Å². The van der Waals surface area contributed by atoms with Gasteiger partial charge in [-0.2, -0.15) is 0 Å². The number of benzene rings is 1. The summed E-state index contributed by atoms with van der Waals surface area (Å²) in [6, 6.07) is 6.58. The smallest absolute Gasteiger partial charge is 0.255 e. The highest BCUT2D eigenvalue weighted by Crippen LogP contribution is 2.33. The molecule has 0 bridgehead atoms. The van der Waals surface area contributed by atoms with Gasteiger partial charge in [0.05, 0.1) is 0 Å². The van der Waals surface area contributed by atoms with Crippen molar-refractivity contribution in [2.24, 2.45) is 0 Å². The average Bonchev–Trinajstić information content (AvgIpc) is 3.06. The predicted molar refractivity (Wildman–Crippen MR) is 123 cm³/mol. The molecule has 178 valence electrons. The molecule has 0 spiro atoms. The van der Waals surface area contributed by atoms with Crippen LogP contribution in [0.4, 0.5) is 0 Å². The van der Waals surface area contributed by atoms with Crippen LogP contribution in [-0.2, 0) is 16.1 Å². The lowest BCUT2D eigenvalue weighted by atomic mass is 9.88. The van der Waals surface area contributed by atoms with Crippen LogP contribution in [-0.4, -0.2) is 70.9 Å². The molecular weight excluding hydrogens is 420 g/mol. The highest BCUT2D eigenvalue weighted by molar-refractivity contribution is 6.05. The molecule has 0 aromatic heterocycles. The first-order valence-corrected chi connectivity index (χ1v) is 12.3.